The Hall–Kier alpha value is -3.56. The fourth-order valence-electron chi connectivity index (χ4n) is 3.13. The predicted octanol–water partition coefficient (Wildman–Crippen LogP) is 3.66. The Bertz CT molecular complexity index is 1300. The molecule has 30 heavy (non-hydrogen) atoms. The molecule has 0 N–H and O–H groups in total. The van der Waals surface area contributed by atoms with Crippen molar-refractivity contribution in [3.63, 3.8) is 0 Å². The summed E-state index contributed by atoms with van der Waals surface area (Å²) in [5, 5.41) is 8.57. The average Bonchev–Trinajstić information content (AvgIpc) is 3.36. The molecule has 10 heteroatoms. The predicted molar refractivity (Wildman–Crippen MR) is 106 cm³/mol. The maximum absolute atomic E-state index is 14.8. The molecule has 4 aromatic rings. The lowest BCUT2D eigenvalue weighted by molar-refractivity contribution is 0.376. The Labute approximate surface area is 170 Å². The molecule has 1 aromatic carbocycles. The van der Waals surface area contributed by atoms with Gasteiger partial charge in [0.05, 0.1) is 12.4 Å². The number of nitrogens with zero attached hydrogens (tertiary/aromatic N) is 6. The van der Waals surface area contributed by atoms with E-state index in [1.54, 1.807) is 15.6 Å². The molecular formula is C20H20F2N6O2. The highest BCUT2D eigenvalue weighted by molar-refractivity contribution is 5.74. The Balaban J connectivity index is 1.76. The molecule has 0 amide bonds. The van der Waals surface area contributed by atoms with Gasteiger partial charge in [0.15, 0.2) is 17.2 Å². The van der Waals surface area contributed by atoms with Gasteiger partial charge in [-0.3, -0.25) is 14.0 Å². The van der Waals surface area contributed by atoms with Crippen LogP contribution in [0.25, 0.3) is 22.2 Å². The number of hydrogen-bond donors (Lipinski definition) is 0. The first-order valence-electron chi connectivity index (χ1n) is 9.44. The van der Waals surface area contributed by atoms with Crippen molar-refractivity contribution in [2.45, 2.75) is 33.4 Å². The summed E-state index contributed by atoms with van der Waals surface area (Å²) < 4.78 is 39.3. The molecule has 0 atom stereocenters. The summed E-state index contributed by atoms with van der Waals surface area (Å²) in [5.41, 5.74) is 0.432. The third-order valence-corrected chi connectivity index (χ3v) is 4.80. The zero-order valence-electron chi connectivity index (χ0n) is 16.9. The fourth-order valence-corrected chi connectivity index (χ4v) is 3.13. The van der Waals surface area contributed by atoms with Gasteiger partial charge < -0.3 is 4.74 Å². The highest BCUT2D eigenvalue weighted by Crippen LogP contribution is 2.31. The van der Waals surface area contributed by atoms with Gasteiger partial charge in [-0.2, -0.15) is 19.6 Å². The van der Waals surface area contributed by atoms with E-state index in [-0.39, 0.29) is 23.4 Å². The van der Waals surface area contributed by atoms with Gasteiger partial charge in [-0.1, -0.05) is 0 Å². The van der Waals surface area contributed by atoms with Crippen LogP contribution in [0, 0.1) is 11.6 Å². The summed E-state index contributed by atoms with van der Waals surface area (Å²) in [7, 11) is 1.44. The third kappa shape index (κ3) is 3.14. The quantitative estimate of drug-likeness (QED) is 0.498. The lowest BCUT2D eigenvalue weighted by Gasteiger charge is -2.12. The molecule has 4 rings (SSSR count). The third-order valence-electron chi connectivity index (χ3n) is 4.80. The van der Waals surface area contributed by atoms with Gasteiger partial charge in [0.2, 0.25) is 5.82 Å². The van der Waals surface area contributed by atoms with Crippen molar-refractivity contribution in [2.75, 3.05) is 0 Å². The van der Waals surface area contributed by atoms with Crippen molar-refractivity contribution in [2.24, 2.45) is 7.05 Å². The largest absolute Gasteiger partial charge is 0.422 e. The van der Waals surface area contributed by atoms with E-state index in [0.29, 0.717) is 23.1 Å². The van der Waals surface area contributed by atoms with Crippen LogP contribution in [0.2, 0.25) is 0 Å². The van der Waals surface area contributed by atoms with Crippen LogP contribution in [0.3, 0.4) is 0 Å². The molecule has 0 fully saturated rings. The second-order valence-electron chi connectivity index (χ2n) is 7.10. The molecule has 156 valence electrons. The molecule has 0 saturated carbocycles. The Morgan fingerprint density at radius 3 is 2.57 bits per heavy atom. The first-order valence-corrected chi connectivity index (χ1v) is 9.44. The Kier molecular flexibility index (Phi) is 4.84. The van der Waals surface area contributed by atoms with Crippen molar-refractivity contribution in [1.82, 2.24) is 29.1 Å². The van der Waals surface area contributed by atoms with Crippen LogP contribution in [0.4, 0.5) is 8.78 Å². The Morgan fingerprint density at radius 2 is 1.90 bits per heavy atom. The van der Waals surface area contributed by atoms with Crippen LogP contribution in [0.15, 0.2) is 35.5 Å². The van der Waals surface area contributed by atoms with E-state index < -0.39 is 17.2 Å². The number of rotatable bonds is 5. The van der Waals surface area contributed by atoms with Crippen LogP contribution in [0.5, 0.6) is 11.8 Å². The first-order chi connectivity index (χ1) is 14.3. The van der Waals surface area contributed by atoms with E-state index in [2.05, 4.69) is 15.2 Å². The van der Waals surface area contributed by atoms with Crippen LogP contribution >= 0.6 is 0 Å². The van der Waals surface area contributed by atoms with Gasteiger partial charge in [-0.15, -0.1) is 0 Å². The van der Waals surface area contributed by atoms with Gasteiger partial charge in [0.1, 0.15) is 5.39 Å². The van der Waals surface area contributed by atoms with E-state index in [1.807, 2.05) is 20.8 Å². The molecule has 0 unspecified atom stereocenters. The van der Waals surface area contributed by atoms with Crippen molar-refractivity contribution < 1.29 is 13.5 Å². The highest BCUT2D eigenvalue weighted by atomic mass is 19.2. The molecule has 3 heterocycles. The standard InChI is InChI=1S/C20H20F2N6O2/c1-5-27-10-12(8-23-27)13-6-7-15(17(22)16(13)21)30-20-25-18-14(19(29)26(20)4)9-24-28(18)11(2)3/h6-11H,5H2,1-4H3. The van der Waals surface area contributed by atoms with E-state index in [1.165, 1.54) is 31.6 Å². The number of aromatic nitrogens is 6. The zero-order valence-corrected chi connectivity index (χ0v) is 16.9. The monoisotopic (exact) mass is 414 g/mol. The van der Waals surface area contributed by atoms with Gasteiger partial charge >= 0.3 is 6.01 Å². The smallest absolute Gasteiger partial charge is 0.306 e. The molecule has 0 aliphatic heterocycles. The molecule has 0 radical (unpaired) electrons. The first kappa shape index (κ1) is 19.7. The van der Waals surface area contributed by atoms with Crippen molar-refractivity contribution in [1.29, 1.82) is 0 Å². The second-order valence-corrected chi connectivity index (χ2v) is 7.10. The fraction of sp³-hybridized carbons (Fsp3) is 0.300. The van der Waals surface area contributed by atoms with E-state index in [0.717, 1.165) is 4.57 Å². The van der Waals surface area contributed by atoms with Gasteiger partial charge in [-0.25, -0.2) is 9.07 Å². The van der Waals surface area contributed by atoms with Crippen molar-refractivity contribution in [3.05, 3.63) is 52.7 Å². The SMILES string of the molecule is CCn1cc(-c2ccc(Oc3nc4c(cnn4C(C)C)c(=O)n3C)c(F)c2F)cn1. The number of benzene rings is 1. The lowest BCUT2D eigenvalue weighted by Crippen LogP contribution is -2.20. The number of ether oxygens (including phenoxy) is 1. The van der Waals surface area contributed by atoms with Crippen LogP contribution in [-0.2, 0) is 13.6 Å². The average molecular weight is 414 g/mol. The topological polar surface area (TPSA) is 79.8 Å². The normalized spacial score (nSPS) is 11.6. The number of aryl methyl sites for hydroxylation is 1. The van der Waals surface area contributed by atoms with Crippen LogP contribution in [0.1, 0.15) is 26.8 Å². The molecule has 0 bridgehead atoms. The lowest BCUT2D eigenvalue weighted by atomic mass is 10.1. The number of fused-ring (bicyclic) bond motifs is 1. The summed E-state index contributed by atoms with van der Waals surface area (Å²) in [6.07, 6.45) is 4.53. The van der Waals surface area contributed by atoms with Crippen LogP contribution in [-0.4, -0.2) is 29.1 Å². The Morgan fingerprint density at radius 1 is 1.13 bits per heavy atom. The summed E-state index contributed by atoms with van der Waals surface area (Å²) in [5.74, 6) is -2.62. The van der Waals surface area contributed by atoms with Gasteiger partial charge in [-0.05, 0) is 32.9 Å². The molecule has 0 saturated heterocycles. The summed E-state index contributed by atoms with van der Waals surface area (Å²) in [4.78, 5) is 16.9. The summed E-state index contributed by atoms with van der Waals surface area (Å²) >= 11 is 0. The number of halogens is 2. The molecule has 3 aromatic heterocycles. The molecule has 8 nitrogen and oxygen atoms in total. The molecule has 0 aliphatic rings. The summed E-state index contributed by atoms with van der Waals surface area (Å²) in [6.45, 7) is 6.28. The van der Waals surface area contributed by atoms with E-state index in [4.69, 9.17) is 4.74 Å². The minimum absolute atomic E-state index is 0.0487. The van der Waals surface area contributed by atoms with E-state index >= 15 is 0 Å². The summed E-state index contributed by atoms with van der Waals surface area (Å²) in [6, 6.07) is 2.49. The molecule has 0 spiro atoms. The van der Waals surface area contributed by atoms with Gasteiger partial charge in [0.25, 0.3) is 5.56 Å². The zero-order chi connectivity index (χ0) is 21.6. The maximum Gasteiger partial charge on any atom is 0.306 e. The minimum Gasteiger partial charge on any atom is -0.422 e. The second kappa shape index (κ2) is 7.36. The van der Waals surface area contributed by atoms with Crippen molar-refractivity contribution >= 4 is 11.0 Å². The van der Waals surface area contributed by atoms with Crippen LogP contribution < -0.4 is 10.3 Å². The van der Waals surface area contributed by atoms with Gasteiger partial charge in [0, 0.05) is 37.0 Å². The van der Waals surface area contributed by atoms with Crippen molar-refractivity contribution in [3.8, 4) is 22.9 Å². The minimum atomic E-state index is -1.18. The number of hydrogen-bond acceptors (Lipinski definition) is 5. The maximum atomic E-state index is 14.8. The molecular weight excluding hydrogens is 394 g/mol. The highest BCUT2D eigenvalue weighted by Gasteiger charge is 2.20. The van der Waals surface area contributed by atoms with E-state index in [9.17, 15) is 13.6 Å². The molecule has 0 aliphatic carbocycles.